The van der Waals surface area contributed by atoms with Crippen molar-refractivity contribution in [2.45, 2.75) is 18.7 Å². The number of carbonyl (C=O) groups excluding carboxylic acids is 1. The quantitative estimate of drug-likeness (QED) is 0.191. The lowest BCUT2D eigenvalue weighted by Crippen LogP contribution is -2.23. The van der Waals surface area contributed by atoms with Crippen LogP contribution in [0.1, 0.15) is 22.3 Å². The van der Waals surface area contributed by atoms with Gasteiger partial charge in [0.15, 0.2) is 11.5 Å². The number of nitrogens with zero attached hydrogens (tertiary/aromatic N) is 1. The SMILES string of the molecule is N#C/C(=C/c1cc(O)c(O)c(CSCCc2ccccc2)c1)C(=O)NCc1ccccc1. The summed E-state index contributed by atoms with van der Waals surface area (Å²) in [5.74, 6) is 0.398. The number of hydrogen-bond acceptors (Lipinski definition) is 5. The van der Waals surface area contributed by atoms with Crippen molar-refractivity contribution < 1.29 is 15.0 Å². The van der Waals surface area contributed by atoms with Crippen molar-refractivity contribution in [1.29, 1.82) is 5.26 Å². The van der Waals surface area contributed by atoms with Crippen molar-refractivity contribution in [2.75, 3.05) is 5.75 Å². The number of aryl methyl sites for hydroxylation is 1. The van der Waals surface area contributed by atoms with E-state index < -0.39 is 5.91 Å². The molecule has 1 amide bonds. The van der Waals surface area contributed by atoms with Gasteiger partial charge in [-0.05, 0) is 47.1 Å². The number of nitriles is 1. The summed E-state index contributed by atoms with van der Waals surface area (Å²) < 4.78 is 0. The van der Waals surface area contributed by atoms with Crippen molar-refractivity contribution in [1.82, 2.24) is 5.32 Å². The number of aromatic hydroxyl groups is 2. The van der Waals surface area contributed by atoms with Crippen LogP contribution in [0.5, 0.6) is 11.5 Å². The second kappa shape index (κ2) is 11.6. The second-order valence-corrected chi connectivity index (χ2v) is 8.28. The Morgan fingerprint density at radius 1 is 1.00 bits per heavy atom. The summed E-state index contributed by atoms with van der Waals surface area (Å²) in [4.78, 5) is 12.4. The van der Waals surface area contributed by atoms with Gasteiger partial charge in [-0.1, -0.05) is 60.7 Å². The van der Waals surface area contributed by atoms with Crippen molar-refractivity contribution in [2.24, 2.45) is 0 Å². The number of rotatable bonds is 9. The van der Waals surface area contributed by atoms with Crippen molar-refractivity contribution in [3.05, 3.63) is 101 Å². The molecular weight excluding hydrogens is 420 g/mol. The zero-order valence-corrected chi connectivity index (χ0v) is 18.3. The minimum Gasteiger partial charge on any atom is -0.504 e. The van der Waals surface area contributed by atoms with E-state index in [0.717, 1.165) is 17.7 Å². The van der Waals surface area contributed by atoms with E-state index in [9.17, 15) is 20.3 Å². The number of carbonyl (C=O) groups is 1. The Morgan fingerprint density at radius 2 is 1.66 bits per heavy atom. The fourth-order valence-corrected chi connectivity index (χ4v) is 4.07. The Bertz CT molecular complexity index is 1120. The Hall–Kier alpha value is -3.69. The third-order valence-corrected chi connectivity index (χ3v) is 5.81. The van der Waals surface area contributed by atoms with E-state index in [1.54, 1.807) is 17.8 Å². The highest BCUT2D eigenvalue weighted by atomic mass is 32.2. The van der Waals surface area contributed by atoms with Crippen LogP contribution in [0.25, 0.3) is 6.08 Å². The van der Waals surface area contributed by atoms with Gasteiger partial charge in [0.2, 0.25) is 0 Å². The summed E-state index contributed by atoms with van der Waals surface area (Å²) in [7, 11) is 0. The predicted molar refractivity (Wildman–Crippen MR) is 128 cm³/mol. The molecule has 6 heteroatoms. The molecule has 0 bridgehead atoms. The molecule has 0 aromatic heterocycles. The highest BCUT2D eigenvalue weighted by Gasteiger charge is 2.12. The molecule has 0 atom stereocenters. The van der Waals surface area contributed by atoms with Crippen molar-refractivity contribution in [3.8, 4) is 17.6 Å². The predicted octanol–water partition coefficient (Wildman–Crippen LogP) is 4.80. The van der Waals surface area contributed by atoms with E-state index in [2.05, 4.69) is 17.4 Å². The number of hydrogen-bond donors (Lipinski definition) is 3. The maximum Gasteiger partial charge on any atom is 0.262 e. The topological polar surface area (TPSA) is 93.3 Å². The first-order chi connectivity index (χ1) is 15.6. The van der Waals surface area contributed by atoms with Gasteiger partial charge >= 0.3 is 0 Å². The van der Waals surface area contributed by atoms with Crippen LogP contribution in [0.15, 0.2) is 78.4 Å². The van der Waals surface area contributed by atoms with E-state index in [-0.39, 0.29) is 17.1 Å². The van der Waals surface area contributed by atoms with Gasteiger partial charge in [0, 0.05) is 17.9 Å². The number of amides is 1. The van der Waals surface area contributed by atoms with E-state index in [4.69, 9.17) is 0 Å². The molecule has 3 aromatic rings. The molecule has 0 saturated carbocycles. The zero-order chi connectivity index (χ0) is 22.8. The third-order valence-electron chi connectivity index (χ3n) is 4.80. The molecule has 5 nitrogen and oxygen atoms in total. The molecule has 3 rings (SSSR count). The van der Waals surface area contributed by atoms with Crippen LogP contribution in [0, 0.1) is 11.3 Å². The molecule has 0 fully saturated rings. The fraction of sp³-hybridized carbons (Fsp3) is 0.154. The van der Waals surface area contributed by atoms with Gasteiger partial charge in [-0.2, -0.15) is 17.0 Å². The summed E-state index contributed by atoms with van der Waals surface area (Å²) in [6, 6.07) is 24.5. The molecule has 0 unspecified atom stereocenters. The van der Waals surface area contributed by atoms with Crippen LogP contribution in [-0.4, -0.2) is 21.9 Å². The first-order valence-corrected chi connectivity index (χ1v) is 11.3. The molecule has 0 aliphatic carbocycles. The normalized spacial score (nSPS) is 11.0. The molecular formula is C26H24N2O3S. The minimum absolute atomic E-state index is 0.0753. The second-order valence-electron chi connectivity index (χ2n) is 7.17. The van der Waals surface area contributed by atoms with Gasteiger partial charge < -0.3 is 15.5 Å². The van der Waals surface area contributed by atoms with E-state index in [1.807, 2.05) is 54.6 Å². The van der Waals surface area contributed by atoms with Crippen molar-refractivity contribution >= 4 is 23.7 Å². The highest BCUT2D eigenvalue weighted by molar-refractivity contribution is 7.98. The van der Waals surface area contributed by atoms with E-state index >= 15 is 0 Å². The standard InChI is InChI=1S/C26H24N2O3S/c27-16-22(26(31)28-17-20-9-5-2-6-10-20)13-21-14-23(25(30)24(29)15-21)18-32-12-11-19-7-3-1-4-8-19/h1-10,13-15,29-30H,11-12,17-18H2,(H,28,31)/b22-13-. The number of nitrogens with one attached hydrogen (secondary N) is 1. The molecule has 162 valence electrons. The van der Waals surface area contributed by atoms with Gasteiger partial charge in [0.05, 0.1) is 0 Å². The Kier molecular flexibility index (Phi) is 8.36. The number of thioether (sulfide) groups is 1. The molecule has 0 heterocycles. The van der Waals surface area contributed by atoms with E-state index in [0.29, 0.717) is 23.4 Å². The molecule has 0 saturated heterocycles. The summed E-state index contributed by atoms with van der Waals surface area (Å²) in [6.07, 6.45) is 2.32. The summed E-state index contributed by atoms with van der Waals surface area (Å²) in [6.45, 7) is 0.308. The highest BCUT2D eigenvalue weighted by Crippen LogP contribution is 2.33. The van der Waals surface area contributed by atoms with Gasteiger partial charge in [-0.15, -0.1) is 0 Å². The van der Waals surface area contributed by atoms with Crippen LogP contribution >= 0.6 is 11.8 Å². The van der Waals surface area contributed by atoms with Crippen LogP contribution in [-0.2, 0) is 23.5 Å². The lowest BCUT2D eigenvalue weighted by molar-refractivity contribution is -0.117. The molecule has 3 aromatic carbocycles. The molecule has 0 radical (unpaired) electrons. The van der Waals surface area contributed by atoms with Crippen molar-refractivity contribution in [3.63, 3.8) is 0 Å². The number of phenols is 2. The summed E-state index contributed by atoms with van der Waals surface area (Å²) in [5, 5.41) is 32.5. The fourth-order valence-electron chi connectivity index (χ4n) is 3.10. The van der Waals surface area contributed by atoms with Crippen LogP contribution in [0.2, 0.25) is 0 Å². The molecule has 32 heavy (non-hydrogen) atoms. The Balaban J connectivity index is 1.65. The molecule has 0 spiro atoms. The van der Waals surface area contributed by atoms with Gasteiger partial charge in [-0.3, -0.25) is 4.79 Å². The van der Waals surface area contributed by atoms with E-state index in [1.165, 1.54) is 17.7 Å². The maximum atomic E-state index is 12.4. The lowest BCUT2D eigenvalue weighted by atomic mass is 10.1. The number of benzene rings is 3. The Morgan fingerprint density at radius 3 is 2.31 bits per heavy atom. The van der Waals surface area contributed by atoms with Gasteiger partial charge in [-0.25, -0.2) is 0 Å². The Labute approximate surface area is 192 Å². The maximum absolute atomic E-state index is 12.4. The third kappa shape index (κ3) is 6.66. The molecule has 3 N–H and O–H groups in total. The number of phenolic OH excluding ortho intramolecular Hbond substituents is 2. The smallest absolute Gasteiger partial charge is 0.262 e. The van der Waals surface area contributed by atoms with Crippen LogP contribution in [0.4, 0.5) is 0 Å². The molecule has 0 aliphatic rings. The van der Waals surface area contributed by atoms with Crippen LogP contribution in [0.3, 0.4) is 0 Å². The first-order valence-electron chi connectivity index (χ1n) is 10.2. The summed E-state index contributed by atoms with van der Waals surface area (Å²) in [5.41, 5.74) is 3.12. The summed E-state index contributed by atoms with van der Waals surface area (Å²) >= 11 is 1.63. The monoisotopic (exact) mass is 444 g/mol. The largest absolute Gasteiger partial charge is 0.504 e. The average Bonchev–Trinajstić information content (AvgIpc) is 2.82. The zero-order valence-electron chi connectivity index (χ0n) is 17.5. The lowest BCUT2D eigenvalue weighted by Gasteiger charge is -2.09. The van der Waals surface area contributed by atoms with Crippen LogP contribution < -0.4 is 5.32 Å². The molecule has 0 aliphatic heterocycles. The minimum atomic E-state index is -0.497. The average molecular weight is 445 g/mol. The first kappa shape index (κ1) is 23.0. The van der Waals surface area contributed by atoms with Gasteiger partial charge in [0.25, 0.3) is 5.91 Å². The van der Waals surface area contributed by atoms with Gasteiger partial charge in [0.1, 0.15) is 11.6 Å².